The van der Waals surface area contributed by atoms with E-state index in [1.807, 2.05) is 13.8 Å². The predicted molar refractivity (Wildman–Crippen MR) is 135 cm³/mol. The van der Waals surface area contributed by atoms with Crippen LogP contribution in [-0.4, -0.2) is 41.1 Å². The van der Waals surface area contributed by atoms with E-state index in [2.05, 4.69) is 0 Å². The fraction of sp³-hybridized carbons (Fsp3) is 0.630. The normalized spacial score (nSPS) is 15.3. The van der Waals surface area contributed by atoms with Gasteiger partial charge in [-0.25, -0.2) is 0 Å². The molecule has 1 aromatic carbocycles. The van der Waals surface area contributed by atoms with Gasteiger partial charge in [0.25, 0.3) is 0 Å². The molecular formula is C27H41NO8. The van der Waals surface area contributed by atoms with Crippen LogP contribution in [0.15, 0.2) is 18.2 Å². The minimum Gasteiger partial charge on any atom is -0.480 e. The minimum absolute atomic E-state index is 0.0193. The van der Waals surface area contributed by atoms with E-state index in [0.29, 0.717) is 18.4 Å². The Balaban J connectivity index is 3.63. The highest BCUT2D eigenvalue weighted by atomic mass is 16.6. The van der Waals surface area contributed by atoms with Crippen molar-refractivity contribution < 1.29 is 38.5 Å². The molecule has 1 rings (SSSR count). The van der Waals surface area contributed by atoms with Crippen LogP contribution in [0.4, 0.5) is 0 Å². The van der Waals surface area contributed by atoms with Crippen molar-refractivity contribution in [3.05, 3.63) is 23.8 Å². The summed E-state index contributed by atoms with van der Waals surface area (Å²) in [6.45, 7) is 15.3. The van der Waals surface area contributed by atoms with E-state index < -0.39 is 58.7 Å². The minimum atomic E-state index is -1.35. The van der Waals surface area contributed by atoms with Gasteiger partial charge in [0.2, 0.25) is 0 Å². The summed E-state index contributed by atoms with van der Waals surface area (Å²) in [7, 11) is 0. The molecule has 1 aromatic rings. The van der Waals surface area contributed by atoms with Crippen molar-refractivity contribution in [3.63, 3.8) is 0 Å². The molecule has 0 saturated carbocycles. The van der Waals surface area contributed by atoms with Crippen LogP contribution in [0, 0.1) is 16.7 Å². The maximum absolute atomic E-state index is 12.9. The molecule has 3 N–H and O–H groups in total. The number of rotatable bonds is 12. The van der Waals surface area contributed by atoms with Gasteiger partial charge >= 0.3 is 23.9 Å². The number of ether oxygens (including phenoxy) is 3. The summed E-state index contributed by atoms with van der Waals surface area (Å²) in [4.78, 5) is 49.0. The molecule has 4 atom stereocenters. The summed E-state index contributed by atoms with van der Waals surface area (Å²) in [5.74, 6) is -4.09. The molecule has 0 saturated heterocycles. The molecule has 3 unspecified atom stereocenters. The van der Waals surface area contributed by atoms with Crippen molar-refractivity contribution >= 4 is 23.9 Å². The number of nitrogens with two attached hydrogens (primary N) is 1. The third kappa shape index (κ3) is 7.78. The lowest BCUT2D eigenvalue weighted by Crippen LogP contribution is -2.42. The molecule has 0 radical (unpaired) electrons. The standard InChI is InChI=1S/C27H41NO8/c1-10-26(6,7)24(32)35-19-13-12-18(14-20(19)36-25(33)27(8,9)11-2)21(22(28)23(30)31)15(3)16(4)34-17(5)29/h12-16,21-22H,10-11,28H2,1-9H3,(H,30,31)/t15?,16?,21?,22-/m0/s1. The molecule has 0 aliphatic heterocycles. The summed E-state index contributed by atoms with van der Waals surface area (Å²) in [5.41, 5.74) is 4.91. The number of benzene rings is 1. The number of aliphatic carboxylic acids is 1. The number of carboxylic acid groups (broad SMARTS) is 1. The van der Waals surface area contributed by atoms with Crippen molar-refractivity contribution in [2.45, 2.75) is 93.2 Å². The van der Waals surface area contributed by atoms with Gasteiger partial charge in [-0.05, 0) is 65.2 Å². The third-order valence-corrected chi connectivity index (χ3v) is 6.96. The fourth-order valence-electron chi connectivity index (χ4n) is 3.31. The average Bonchev–Trinajstić information content (AvgIpc) is 2.79. The highest BCUT2D eigenvalue weighted by Crippen LogP contribution is 2.39. The molecule has 9 nitrogen and oxygen atoms in total. The summed E-state index contributed by atoms with van der Waals surface area (Å²) < 4.78 is 16.6. The van der Waals surface area contributed by atoms with E-state index in [4.69, 9.17) is 19.9 Å². The van der Waals surface area contributed by atoms with Crippen LogP contribution in [0.3, 0.4) is 0 Å². The highest BCUT2D eigenvalue weighted by molar-refractivity contribution is 5.82. The summed E-state index contributed by atoms with van der Waals surface area (Å²) in [6.07, 6.45) is 0.390. The zero-order valence-corrected chi connectivity index (χ0v) is 22.8. The summed E-state index contributed by atoms with van der Waals surface area (Å²) in [6, 6.07) is 3.16. The molecule has 0 aliphatic carbocycles. The predicted octanol–water partition coefficient (Wildman–Crippen LogP) is 4.45. The van der Waals surface area contributed by atoms with Gasteiger partial charge in [0.05, 0.1) is 10.8 Å². The molecule has 9 heteroatoms. The van der Waals surface area contributed by atoms with E-state index in [0.717, 1.165) is 0 Å². The lowest BCUT2D eigenvalue weighted by Gasteiger charge is -2.32. The van der Waals surface area contributed by atoms with E-state index in [9.17, 15) is 24.3 Å². The molecule has 0 aliphatic rings. The van der Waals surface area contributed by atoms with Crippen LogP contribution in [0.2, 0.25) is 0 Å². The fourth-order valence-corrected chi connectivity index (χ4v) is 3.31. The van der Waals surface area contributed by atoms with Gasteiger partial charge in [-0.1, -0.05) is 26.8 Å². The second kappa shape index (κ2) is 12.3. The number of esters is 3. The largest absolute Gasteiger partial charge is 0.480 e. The maximum atomic E-state index is 12.9. The van der Waals surface area contributed by atoms with Crippen LogP contribution < -0.4 is 15.2 Å². The van der Waals surface area contributed by atoms with Gasteiger partial charge in [0.15, 0.2) is 11.5 Å². The number of hydrogen-bond acceptors (Lipinski definition) is 8. The number of hydrogen-bond donors (Lipinski definition) is 2. The highest BCUT2D eigenvalue weighted by Gasteiger charge is 2.37. The SMILES string of the molecule is CCC(C)(C)C(=O)Oc1ccc(C(C(C)C(C)OC(C)=O)[C@H](N)C(=O)O)cc1OC(=O)C(C)(C)CC. The molecule has 0 spiro atoms. The zero-order valence-electron chi connectivity index (χ0n) is 22.8. The number of carboxylic acids is 1. The second-order valence-corrected chi connectivity index (χ2v) is 10.5. The van der Waals surface area contributed by atoms with Crippen molar-refractivity contribution in [1.82, 2.24) is 0 Å². The summed E-state index contributed by atoms with van der Waals surface area (Å²) >= 11 is 0. The molecule has 0 aromatic heterocycles. The lowest BCUT2D eigenvalue weighted by molar-refractivity contribution is -0.149. The Morgan fingerprint density at radius 3 is 1.81 bits per heavy atom. The van der Waals surface area contributed by atoms with Gasteiger partial charge in [0.1, 0.15) is 12.1 Å². The Morgan fingerprint density at radius 1 is 0.917 bits per heavy atom. The number of carbonyl (C=O) groups excluding carboxylic acids is 3. The van der Waals surface area contributed by atoms with E-state index in [-0.39, 0.29) is 11.5 Å². The Hall–Kier alpha value is -2.94. The van der Waals surface area contributed by atoms with Crippen molar-refractivity contribution in [2.24, 2.45) is 22.5 Å². The first-order valence-electron chi connectivity index (χ1n) is 12.2. The topological polar surface area (TPSA) is 142 Å². The van der Waals surface area contributed by atoms with Gasteiger partial charge < -0.3 is 25.1 Å². The van der Waals surface area contributed by atoms with Crippen LogP contribution in [0.1, 0.15) is 86.6 Å². The van der Waals surface area contributed by atoms with Crippen molar-refractivity contribution in [1.29, 1.82) is 0 Å². The number of carbonyl (C=O) groups is 4. The first-order valence-corrected chi connectivity index (χ1v) is 12.2. The Labute approximate surface area is 213 Å². The monoisotopic (exact) mass is 507 g/mol. The van der Waals surface area contributed by atoms with Gasteiger partial charge in [-0.3, -0.25) is 19.2 Å². The van der Waals surface area contributed by atoms with Gasteiger partial charge in [-0.15, -0.1) is 0 Å². The Bertz CT molecular complexity index is 969. The quantitative estimate of drug-likeness (QED) is 0.310. The third-order valence-electron chi connectivity index (χ3n) is 6.96. The molecule has 202 valence electrons. The van der Waals surface area contributed by atoms with Gasteiger partial charge in [0, 0.05) is 18.8 Å². The first kappa shape index (κ1) is 31.1. The molecular weight excluding hydrogens is 466 g/mol. The molecule has 0 bridgehead atoms. The van der Waals surface area contributed by atoms with Crippen LogP contribution in [-0.2, 0) is 23.9 Å². The maximum Gasteiger partial charge on any atom is 0.321 e. The smallest absolute Gasteiger partial charge is 0.321 e. The molecule has 36 heavy (non-hydrogen) atoms. The van der Waals surface area contributed by atoms with Crippen molar-refractivity contribution in [3.8, 4) is 11.5 Å². The van der Waals surface area contributed by atoms with E-state index in [1.54, 1.807) is 47.6 Å². The molecule has 0 amide bonds. The van der Waals surface area contributed by atoms with Crippen LogP contribution >= 0.6 is 0 Å². The zero-order chi connectivity index (χ0) is 28.0. The average molecular weight is 508 g/mol. The second-order valence-electron chi connectivity index (χ2n) is 10.5. The Morgan fingerprint density at radius 2 is 1.39 bits per heavy atom. The molecule has 0 fully saturated rings. The van der Waals surface area contributed by atoms with Crippen LogP contribution in [0.5, 0.6) is 11.5 Å². The van der Waals surface area contributed by atoms with Crippen LogP contribution in [0.25, 0.3) is 0 Å². The summed E-state index contributed by atoms with van der Waals surface area (Å²) in [5, 5.41) is 9.68. The first-order chi connectivity index (χ1) is 16.5. The van der Waals surface area contributed by atoms with E-state index >= 15 is 0 Å². The van der Waals surface area contributed by atoms with Crippen molar-refractivity contribution in [2.75, 3.05) is 0 Å². The molecule has 0 heterocycles. The lowest BCUT2D eigenvalue weighted by atomic mass is 9.79. The Kier molecular flexibility index (Phi) is 10.7. The van der Waals surface area contributed by atoms with Gasteiger partial charge in [-0.2, -0.15) is 0 Å². The van der Waals surface area contributed by atoms with E-state index in [1.165, 1.54) is 19.1 Å².